The van der Waals surface area contributed by atoms with Gasteiger partial charge in [-0.15, -0.1) is 0 Å². The van der Waals surface area contributed by atoms with Gasteiger partial charge in [0, 0.05) is 11.8 Å². The van der Waals surface area contributed by atoms with E-state index in [1.54, 1.807) is 5.57 Å². The van der Waals surface area contributed by atoms with Crippen LogP contribution in [0.4, 0.5) is 0 Å². The lowest BCUT2D eigenvalue weighted by atomic mass is 9.33. The smallest absolute Gasteiger partial charge is 0.139 e. The minimum Gasteiger partial charge on any atom is -0.393 e. The van der Waals surface area contributed by atoms with E-state index in [0.717, 1.165) is 25.7 Å². The van der Waals surface area contributed by atoms with E-state index in [-0.39, 0.29) is 27.8 Å². The zero-order valence-corrected chi connectivity index (χ0v) is 25.9. The summed E-state index contributed by atoms with van der Waals surface area (Å²) in [6.45, 7) is 17.6. The standard InChI is InChI=1S/C36H58O2/c1-23-14-19-36(30(38)22-25-10-8-9-11-25)21-20-34(6)26(31(36)24(23)2)12-13-28-33(5)17-16-29(37)32(3,4)27(33)15-18-35(28,34)7/h12,23-25,27-29,31,37H,8-11,13-22H2,1-7H3/t23-,24+,27+,28-,29+,31+,33+,34-,35-,36-/m1/s1. The highest BCUT2D eigenvalue weighted by molar-refractivity contribution is 5.86. The van der Waals surface area contributed by atoms with Crippen LogP contribution in [0.1, 0.15) is 138 Å². The van der Waals surface area contributed by atoms with Crippen molar-refractivity contribution in [1.29, 1.82) is 0 Å². The van der Waals surface area contributed by atoms with Crippen molar-refractivity contribution >= 4 is 5.78 Å². The molecule has 2 heteroatoms. The van der Waals surface area contributed by atoms with Gasteiger partial charge in [0.05, 0.1) is 6.10 Å². The summed E-state index contributed by atoms with van der Waals surface area (Å²) in [5.74, 6) is 4.33. The predicted octanol–water partition coefficient (Wildman–Crippen LogP) is 9.15. The summed E-state index contributed by atoms with van der Waals surface area (Å²) in [4.78, 5) is 14.4. The Morgan fingerprint density at radius 1 is 0.868 bits per heavy atom. The third kappa shape index (κ3) is 3.49. The Kier molecular flexibility index (Phi) is 6.47. The summed E-state index contributed by atoms with van der Waals surface area (Å²) >= 11 is 0. The molecule has 1 N–H and O–H groups in total. The summed E-state index contributed by atoms with van der Waals surface area (Å²) in [6, 6.07) is 0. The van der Waals surface area contributed by atoms with Crippen LogP contribution in [0.5, 0.6) is 0 Å². The highest BCUT2D eigenvalue weighted by atomic mass is 16.3. The Bertz CT molecular complexity index is 987. The zero-order chi connectivity index (χ0) is 27.3. The van der Waals surface area contributed by atoms with Crippen molar-refractivity contribution in [3.8, 4) is 0 Å². The third-order valence-electron chi connectivity index (χ3n) is 15.5. The van der Waals surface area contributed by atoms with Crippen molar-refractivity contribution in [2.45, 2.75) is 144 Å². The molecule has 2 nitrogen and oxygen atoms in total. The van der Waals surface area contributed by atoms with Crippen LogP contribution in [0.2, 0.25) is 0 Å². The van der Waals surface area contributed by atoms with Gasteiger partial charge in [0.1, 0.15) is 5.78 Å². The van der Waals surface area contributed by atoms with E-state index in [2.05, 4.69) is 54.5 Å². The van der Waals surface area contributed by atoms with E-state index >= 15 is 0 Å². The van der Waals surface area contributed by atoms with Crippen molar-refractivity contribution in [2.75, 3.05) is 0 Å². The molecule has 6 aliphatic rings. The molecule has 0 spiro atoms. The van der Waals surface area contributed by atoms with Crippen LogP contribution in [0.3, 0.4) is 0 Å². The maximum absolute atomic E-state index is 14.4. The zero-order valence-electron chi connectivity index (χ0n) is 25.9. The van der Waals surface area contributed by atoms with Gasteiger partial charge in [-0.25, -0.2) is 0 Å². The van der Waals surface area contributed by atoms with Crippen LogP contribution in [0.15, 0.2) is 11.6 Å². The number of rotatable bonds is 3. The number of Topliss-reactive ketones (excluding diaryl/α,β-unsaturated/α-hetero) is 1. The molecule has 5 saturated carbocycles. The van der Waals surface area contributed by atoms with Gasteiger partial charge in [-0.1, -0.05) is 85.8 Å². The van der Waals surface area contributed by atoms with Crippen molar-refractivity contribution in [3.63, 3.8) is 0 Å². The van der Waals surface area contributed by atoms with Crippen LogP contribution in [-0.4, -0.2) is 17.0 Å². The van der Waals surface area contributed by atoms with Crippen LogP contribution >= 0.6 is 0 Å². The maximum atomic E-state index is 14.4. The molecule has 0 aliphatic heterocycles. The lowest BCUT2D eigenvalue weighted by molar-refractivity contribution is -0.204. The minimum atomic E-state index is -0.166. The lowest BCUT2D eigenvalue weighted by Gasteiger charge is -2.71. The van der Waals surface area contributed by atoms with Crippen LogP contribution < -0.4 is 0 Å². The molecule has 0 aromatic heterocycles. The lowest BCUT2D eigenvalue weighted by Crippen LogP contribution is -2.65. The highest BCUT2D eigenvalue weighted by Crippen LogP contribution is 2.76. The van der Waals surface area contributed by atoms with E-state index in [0.29, 0.717) is 46.7 Å². The van der Waals surface area contributed by atoms with Gasteiger partial charge in [-0.3, -0.25) is 4.79 Å². The first-order valence-corrected chi connectivity index (χ1v) is 16.7. The molecule has 5 fully saturated rings. The number of fused-ring (bicyclic) bond motifs is 7. The minimum absolute atomic E-state index is 0.000912. The van der Waals surface area contributed by atoms with Crippen LogP contribution in [-0.2, 0) is 4.79 Å². The Balaban J connectivity index is 1.40. The summed E-state index contributed by atoms with van der Waals surface area (Å²) in [6.07, 6.45) is 19.2. The largest absolute Gasteiger partial charge is 0.393 e. The molecular formula is C36H58O2. The van der Waals surface area contributed by atoms with E-state index in [4.69, 9.17) is 0 Å². The first-order chi connectivity index (χ1) is 17.8. The van der Waals surface area contributed by atoms with Crippen molar-refractivity contribution in [2.24, 2.45) is 62.6 Å². The number of hydrogen-bond donors (Lipinski definition) is 1. The molecule has 6 aliphatic carbocycles. The quantitative estimate of drug-likeness (QED) is 0.375. The van der Waals surface area contributed by atoms with Crippen LogP contribution in [0, 0.1) is 62.6 Å². The van der Waals surface area contributed by atoms with E-state index in [1.165, 1.54) is 64.2 Å². The van der Waals surface area contributed by atoms with E-state index < -0.39 is 0 Å². The molecule has 10 atom stereocenters. The maximum Gasteiger partial charge on any atom is 0.139 e. The van der Waals surface area contributed by atoms with Gasteiger partial charge < -0.3 is 5.11 Å². The second kappa shape index (κ2) is 8.93. The summed E-state index contributed by atoms with van der Waals surface area (Å²) < 4.78 is 0. The molecule has 0 unspecified atom stereocenters. The normalized spacial score (nSPS) is 52.3. The SMILES string of the molecule is C[C@H]1[C@H](C)CC[C@]2(C(=O)CC3CCCC3)CC[C@]3(C)C(=CC[C@@H]4[C@@]5(C)CC[C@H](O)C(C)(C)[C@@H]5CC[C@]43C)[C@H]12. The number of allylic oxidation sites excluding steroid dienone is 2. The van der Waals surface area contributed by atoms with Crippen molar-refractivity contribution in [3.05, 3.63) is 11.6 Å². The molecule has 38 heavy (non-hydrogen) atoms. The molecule has 0 radical (unpaired) electrons. The Morgan fingerprint density at radius 2 is 1.58 bits per heavy atom. The van der Waals surface area contributed by atoms with E-state index in [9.17, 15) is 9.90 Å². The monoisotopic (exact) mass is 522 g/mol. The molecule has 0 saturated heterocycles. The molecular weight excluding hydrogens is 464 g/mol. The molecule has 0 aromatic carbocycles. The fourth-order valence-corrected chi connectivity index (χ4v) is 12.6. The molecule has 0 aromatic rings. The first-order valence-electron chi connectivity index (χ1n) is 16.7. The second-order valence-electron chi connectivity index (χ2n) is 17.0. The number of ketones is 1. The van der Waals surface area contributed by atoms with Gasteiger partial charge in [-0.2, -0.15) is 0 Å². The number of carbonyl (C=O) groups is 1. The summed E-state index contributed by atoms with van der Waals surface area (Å²) in [5, 5.41) is 11.0. The third-order valence-corrected chi connectivity index (χ3v) is 15.5. The Hall–Kier alpha value is -0.630. The molecule has 0 heterocycles. The molecule has 214 valence electrons. The van der Waals surface area contributed by atoms with Gasteiger partial charge in [0.15, 0.2) is 0 Å². The predicted molar refractivity (Wildman–Crippen MR) is 157 cm³/mol. The van der Waals surface area contributed by atoms with Gasteiger partial charge in [0.2, 0.25) is 0 Å². The fraction of sp³-hybridized carbons (Fsp3) is 0.917. The number of carbonyl (C=O) groups excluding carboxylic acids is 1. The fourth-order valence-electron chi connectivity index (χ4n) is 12.6. The second-order valence-corrected chi connectivity index (χ2v) is 17.0. The number of aliphatic hydroxyl groups is 1. The topological polar surface area (TPSA) is 37.3 Å². The van der Waals surface area contributed by atoms with Crippen molar-refractivity contribution in [1.82, 2.24) is 0 Å². The Labute approximate surface area is 234 Å². The van der Waals surface area contributed by atoms with Gasteiger partial charge in [-0.05, 0) is 115 Å². The number of hydrogen-bond acceptors (Lipinski definition) is 2. The van der Waals surface area contributed by atoms with Crippen molar-refractivity contribution < 1.29 is 9.90 Å². The average molecular weight is 523 g/mol. The average Bonchev–Trinajstić information content (AvgIpc) is 3.37. The van der Waals surface area contributed by atoms with Gasteiger partial charge >= 0.3 is 0 Å². The Morgan fingerprint density at radius 3 is 2.29 bits per heavy atom. The summed E-state index contributed by atoms with van der Waals surface area (Å²) in [7, 11) is 0. The van der Waals surface area contributed by atoms with Crippen LogP contribution in [0.25, 0.3) is 0 Å². The molecule has 6 rings (SSSR count). The number of aliphatic hydroxyl groups excluding tert-OH is 1. The summed E-state index contributed by atoms with van der Waals surface area (Å²) in [5.41, 5.74) is 2.39. The highest BCUT2D eigenvalue weighted by Gasteiger charge is 2.69. The molecule has 0 bridgehead atoms. The molecule has 0 amide bonds. The van der Waals surface area contributed by atoms with Gasteiger partial charge in [0.25, 0.3) is 0 Å². The van der Waals surface area contributed by atoms with E-state index in [1.807, 2.05) is 0 Å². The first kappa shape index (κ1) is 27.5.